The van der Waals surface area contributed by atoms with Gasteiger partial charge in [-0.05, 0) is 0 Å². The molecule has 0 saturated carbocycles. The van der Waals surface area contributed by atoms with Gasteiger partial charge in [0.2, 0.25) is 0 Å². The van der Waals surface area contributed by atoms with Crippen LogP contribution in [-0.4, -0.2) is 31.4 Å². The first-order valence-corrected chi connectivity index (χ1v) is 17.3. The Labute approximate surface area is 76.7 Å². The van der Waals surface area contributed by atoms with Gasteiger partial charge in [-0.1, -0.05) is 0 Å². The van der Waals surface area contributed by atoms with Crippen molar-refractivity contribution >= 4 is 60.0 Å². The Kier molecular flexibility index (Phi) is 7.85. The molecule has 0 saturated heterocycles. The molecule has 0 unspecified atom stereocenters. The van der Waals surface area contributed by atoms with Gasteiger partial charge in [-0.3, -0.25) is 9.11 Å². The zero-order valence-electron chi connectivity index (χ0n) is 4.13. The van der Waals surface area contributed by atoms with Crippen molar-refractivity contribution < 1.29 is 17.5 Å². The van der Waals surface area contributed by atoms with Crippen LogP contribution < -0.4 is 0 Å². The van der Waals surface area contributed by atoms with Crippen molar-refractivity contribution in [1.29, 1.82) is 0 Å². The van der Waals surface area contributed by atoms with Gasteiger partial charge in [-0.15, -0.1) is 0 Å². The van der Waals surface area contributed by atoms with Crippen molar-refractivity contribution in [2.24, 2.45) is 0 Å². The summed E-state index contributed by atoms with van der Waals surface area (Å²) in [5.74, 6) is 0. The van der Waals surface area contributed by atoms with Crippen molar-refractivity contribution in [3.63, 3.8) is 0 Å². The van der Waals surface area contributed by atoms with E-state index >= 15 is 0 Å². The summed E-state index contributed by atoms with van der Waals surface area (Å²) in [5, 5.41) is 0. The van der Waals surface area contributed by atoms with Crippen LogP contribution in [-0.2, 0) is 10.4 Å². The van der Waals surface area contributed by atoms with E-state index in [0.29, 0.717) is 0 Å². The second-order valence-electron chi connectivity index (χ2n) is 0.876. The van der Waals surface area contributed by atoms with Crippen molar-refractivity contribution in [1.82, 2.24) is 0 Å². The average molecular weight is 359 g/mol. The zero-order valence-corrected chi connectivity index (χ0v) is 10.8. The standard InChI is InChI=1S/4ClH.H2O4S.Sn/c;;;;1-5(2,3)4;/h4*1H;(H2,1,2,3,4);/q;;;;;+4/p-4. The second kappa shape index (κ2) is 5.47. The number of hydrogen-bond acceptors (Lipinski definition) is 2. The molecule has 0 rings (SSSR count). The van der Waals surface area contributed by atoms with Gasteiger partial charge in [0.25, 0.3) is 0 Å². The quantitative estimate of drug-likeness (QED) is 0.511. The zero-order chi connectivity index (χ0) is 9.00. The summed E-state index contributed by atoms with van der Waals surface area (Å²) in [6, 6.07) is 0. The normalized spacial score (nSPS) is 11.8. The Morgan fingerprint density at radius 2 is 1.00 bits per heavy atom. The van der Waals surface area contributed by atoms with E-state index in [1.54, 1.807) is 0 Å². The fourth-order valence-electron chi connectivity index (χ4n) is 0. The molecule has 0 aliphatic rings. The summed E-state index contributed by atoms with van der Waals surface area (Å²) in [6.45, 7) is 0. The van der Waals surface area contributed by atoms with E-state index in [-0.39, 0.29) is 0 Å². The Morgan fingerprint density at radius 3 is 1.00 bits per heavy atom. The first kappa shape index (κ1) is 14.4. The molecular formula is H2Cl4O4SSn. The molecule has 0 heterocycles. The van der Waals surface area contributed by atoms with Crippen LogP contribution in [0.15, 0.2) is 0 Å². The van der Waals surface area contributed by atoms with Crippen LogP contribution in [0.25, 0.3) is 0 Å². The summed E-state index contributed by atoms with van der Waals surface area (Å²) < 4.78 is 31.6. The number of halogens is 4. The van der Waals surface area contributed by atoms with Crippen LogP contribution in [0.1, 0.15) is 0 Å². The molecule has 0 aliphatic heterocycles. The minimum atomic E-state index is -4.67. The Bertz CT molecular complexity index is 152. The summed E-state index contributed by atoms with van der Waals surface area (Å²) in [5.41, 5.74) is 0. The van der Waals surface area contributed by atoms with Gasteiger partial charge in [-0.25, -0.2) is 0 Å². The SMILES string of the molecule is O=S(=O)(O)O.[Cl][Sn]([Cl])([Cl])[Cl]. The van der Waals surface area contributed by atoms with Gasteiger partial charge in [0.1, 0.15) is 0 Å². The Hall–Kier alpha value is 1.83. The Morgan fingerprint density at radius 1 is 1.00 bits per heavy atom. The molecule has 0 fully saturated rings. The molecule has 0 spiro atoms. The van der Waals surface area contributed by atoms with Crippen molar-refractivity contribution in [3.05, 3.63) is 0 Å². The molecular weight excluding hydrogens is 357 g/mol. The summed E-state index contributed by atoms with van der Waals surface area (Å²) >= 11 is -3.29. The molecule has 10 heavy (non-hydrogen) atoms. The molecule has 10 heteroatoms. The first-order valence-electron chi connectivity index (χ1n) is 1.45. The van der Waals surface area contributed by atoms with E-state index in [4.69, 9.17) is 53.2 Å². The first-order chi connectivity index (χ1) is 4.00. The van der Waals surface area contributed by atoms with Crippen LogP contribution in [0, 0.1) is 0 Å². The second-order valence-corrected chi connectivity index (χ2v) is 27.2. The van der Waals surface area contributed by atoms with Gasteiger partial charge in [0.15, 0.2) is 0 Å². The van der Waals surface area contributed by atoms with Crippen molar-refractivity contribution in [3.8, 4) is 0 Å². The third kappa shape index (κ3) is 229. The van der Waals surface area contributed by atoms with Crippen LogP contribution in [0.2, 0.25) is 0 Å². The minimum absolute atomic E-state index is 3.29. The molecule has 0 radical (unpaired) electrons. The summed E-state index contributed by atoms with van der Waals surface area (Å²) in [7, 11) is 15.5. The van der Waals surface area contributed by atoms with Crippen LogP contribution in [0.3, 0.4) is 0 Å². The fourth-order valence-corrected chi connectivity index (χ4v) is 0. The molecule has 4 nitrogen and oxygen atoms in total. The fraction of sp³-hybridized carbons (Fsp3) is 0. The summed E-state index contributed by atoms with van der Waals surface area (Å²) in [6.07, 6.45) is 0. The van der Waals surface area contributed by atoms with Crippen LogP contribution in [0.4, 0.5) is 0 Å². The van der Waals surface area contributed by atoms with E-state index in [2.05, 4.69) is 0 Å². The third-order valence-corrected chi connectivity index (χ3v) is 0. The molecule has 0 aliphatic carbocycles. The topological polar surface area (TPSA) is 74.6 Å². The van der Waals surface area contributed by atoms with Gasteiger partial charge in [0.05, 0.1) is 0 Å². The Balaban J connectivity index is 0. The van der Waals surface area contributed by atoms with Crippen LogP contribution >= 0.6 is 35.7 Å². The van der Waals surface area contributed by atoms with Crippen molar-refractivity contribution in [2.45, 2.75) is 0 Å². The van der Waals surface area contributed by atoms with Gasteiger partial charge < -0.3 is 0 Å². The molecule has 0 aromatic rings. The third-order valence-electron chi connectivity index (χ3n) is 0. The van der Waals surface area contributed by atoms with Gasteiger partial charge in [0, 0.05) is 0 Å². The number of rotatable bonds is 0. The predicted molar refractivity (Wildman–Crippen MR) is 43.3 cm³/mol. The summed E-state index contributed by atoms with van der Waals surface area (Å²) in [4.78, 5) is 0. The maximum absolute atomic E-state index is 8.74. The van der Waals surface area contributed by atoms with Gasteiger partial charge >= 0.3 is 60.0 Å². The average Bonchev–Trinajstić information content (AvgIpc) is 1.12. The molecule has 0 aromatic heterocycles. The van der Waals surface area contributed by atoms with E-state index in [1.165, 1.54) is 0 Å². The van der Waals surface area contributed by atoms with Crippen LogP contribution in [0.5, 0.6) is 0 Å². The molecule has 2 N–H and O–H groups in total. The van der Waals surface area contributed by atoms with Gasteiger partial charge in [-0.2, -0.15) is 8.42 Å². The monoisotopic (exact) mass is 358 g/mol. The van der Waals surface area contributed by atoms with E-state index in [1.807, 2.05) is 0 Å². The molecule has 0 amide bonds. The molecule has 0 bridgehead atoms. The van der Waals surface area contributed by atoms with Crippen molar-refractivity contribution in [2.75, 3.05) is 0 Å². The van der Waals surface area contributed by atoms with E-state index in [9.17, 15) is 0 Å². The van der Waals surface area contributed by atoms with E-state index in [0.717, 1.165) is 0 Å². The maximum atomic E-state index is 8.74. The number of hydrogen-bond donors (Lipinski definition) is 2. The van der Waals surface area contributed by atoms with E-state index < -0.39 is 24.3 Å². The predicted octanol–water partition coefficient (Wildman–Crippen LogP) is 1.72. The molecule has 0 atom stereocenters. The molecule has 64 valence electrons. The molecule has 0 aromatic carbocycles.